The number of rotatable bonds is 2. The molecule has 2 nitrogen and oxygen atoms in total. The van der Waals surface area contributed by atoms with E-state index in [0.717, 1.165) is 16.8 Å². The van der Waals surface area contributed by atoms with Crippen molar-refractivity contribution in [2.75, 3.05) is 0 Å². The van der Waals surface area contributed by atoms with Crippen molar-refractivity contribution < 1.29 is 0 Å². The molecule has 0 aliphatic carbocycles. The van der Waals surface area contributed by atoms with E-state index in [1.807, 2.05) is 12.4 Å². The van der Waals surface area contributed by atoms with Gasteiger partial charge in [0.1, 0.15) is 0 Å². The van der Waals surface area contributed by atoms with Crippen LogP contribution in [-0.4, -0.2) is 9.97 Å². The quantitative estimate of drug-likeness (QED) is 0.163. The molecule has 2 heteroatoms. The average molecular weight is 533 g/mol. The summed E-state index contributed by atoms with van der Waals surface area (Å²) in [6.07, 6.45) is 3.75. The van der Waals surface area contributed by atoms with Crippen LogP contribution in [0.2, 0.25) is 0 Å². The van der Waals surface area contributed by atoms with E-state index in [1.165, 1.54) is 70.4 Å². The molecule has 9 rings (SSSR count). The zero-order valence-electron chi connectivity index (χ0n) is 22.8. The van der Waals surface area contributed by atoms with Gasteiger partial charge in [-0.1, -0.05) is 103 Å². The highest BCUT2D eigenvalue weighted by atomic mass is 14.7. The molecule has 7 aromatic carbocycles. The minimum Gasteiger partial charge on any atom is -0.265 e. The van der Waals surface area contributed by atoms with Gasteiger partial charge in [0.15, 0.2) is 0 Å². The van der Waals surface area contributed by atoms with Gasteiger partial charge in [0.05, 0.1) is 11.2 Å². The first kappa shape index (κ1) is 23.1. The summed E-state index contributed by atoms with van der Waals surface area (Å²) in [5.41, 5.74) is 5.60. The Bertz CT molecular complexity index is 2460. The summed E-state index contributed by atoms with van der Waals surface area (Å²) < 4.78 is 0. The molecular formula is C40H24N2. The van der Waals surface area contributed by atoms with Crippen molar-refractivity contribution in [2.24, 2.45) is 0 Å². The van der Waals surface area contributed by atoms with Crippen molar-refractivity contribution in [1.82, 2.24) is 9.97 Å². The first-order valence-electron chi connectivity index (χ1n) is 14.3. The molecule has 0 saturated heterocycles. The maximum atomic E-state index is 5.52. The number of pyridine rings is 2. The zero-order chi connectivity index (χ0) is 27.6. The normalized spacial score (nSPS) is 11.8. The Balaban J connectivity index is 1.52. The fraction of sp³-hybridized carbons (Fsp3) is 0. The molecule has 0 bridgehead atoms. The topological polar surface area (TPSA) is 25.8 Å². The maximum absolute atomic E-state index is 5.52. The van der Waals surface area contributed by atoms with E-state index < -0.39 is 0 Å². The second kappa shape index (κ2) is 8.95. The van der Waals surface area contributed by atoms with Crippen LogP contribution in [0.4, 0.5) is 0 Å². The van der Waals surface area contributed by atoms with Crippen LogP contribution in [0.15, 0.2) is 146 Å². The Morgan fingerprint density at radius 3 is 1.55 bits per heavy atom. The van der Waals surface area contributed by atoms with Crippen LogP contribution in [0.3, 0.4) is 0 Å². The van der Waals surface area contributed by atoms with Gasteiger partial charge < -0.3 is 0 Å². The highest BCUT2D eigenvalue weighted by molar-refractivity contribution is 6.28. The molecule has 194 valence electrons. The molecule has 0 saturated carbocycles. The third-order valence-corrected chi connectivity index (χ3v) is 8.69. The van der Waals surface area contributed by atoms with Crippen molar-refractivity contribution in [2.45, 2.75) is 0 Å². The van der Waals surface area contributed by atoms with E-state index in [-0.39, 0.29) is 0 Å². The molecule has 0 N–H and O–H groups in total. The minimum atomic E-state index is 1.01. The molecule has 0 radical (unpaired) electrons. The van der Waals surface area contributed by atoms with Gasteiger partial charge in [0.2, 0.25) is 0 Å². The summed E-state index contributed by atoms with van der Waals surface area (Å²) in [4.78, 5) is 9.82. The Hall–Kier alpha value is -5.60. The standard InChI is InChI=1S/C40H24N2/c1-2-11-28-24-35-34(23-27(28)10-1)38-29-12-4-3-9-25(29)17-18-36(38)42-40(35)39-32-15-7-5-13-30(32)37(26-19-21-41-22-20-26)31-14-6-8-16-33(31)39/h1-24H. The molecule has 0 amide bonds. The van der Waals surface area contributed by atoms with E-state index >= 15 is 0 Å². The first-order valence-corrected chi connectivity index (χ1v) is 14.3. The van der Waals surface area contributed by atoms with E-state index in [9.17, 15) is 0 Å². The smallest absolute Gasteiger partial charge is 0.0800 e. The lowest BCUT2D eigenvalue weighted by Crippen LogP contribution is -1.95. The second-order valence-electron chi connectivity index (χ2n) is 11.0. The molecule has 2 heterocycles. The lowest BCUT2D eigenvalue weighted by Gasteiger charge is -2.19. The number of benzene rings is 7. The monoisotopic (exact) mass is 532 g/mol. The molecule has 0 unspecified atom stereocenters. The van der Waals surface area contributed by atoms with Crippen LogP contribution in [0.5, 0.6) is 0 Å². The van der Waals surface area contributed by atoms with Gasteiger partial charge in [-0.15, -0.1) is 0 Å². The molecule has 0 atom stereocenters. The first-order chi connectivity index (χ1) is 20.8. The highest BCUT2D eigenvalue weighted by Crippen LogP contribution is 2.46. The van der Waals surface area contributed by atoms with Crippen LogP contribution in [0.25, 0.3) is 87.1 Å². The summed E-state index contributed by atoms with van der Waals surface area (Å²) in [6, 6.07) is 48.1. The van der Waals surface area contributed by atoms with Crippen LogP contribution < -0.4 is 0 Å². The highest BCUT2D eigenvalue weighted by Gasteiger charge is 2.21. The Morgan fingerprint density at radius 1 is 0.381 bits per heavy atom. The van der Waals surface area contributed by atoms with E-state index in [1.54, 1.807) is 0 Å². The number of nitrogens with zero attached hydrogens (tertiary/aromatic N) is 2. The van der Waals surface area contributed by atoms with Gasteiger partial charge >= 0.3 is 0 Å². The molecule has 0 fully saturated rings. The van der Waals surface area contributed by atoms with Gasteiger partial charge in [-0.05, 0) is 89.9 Å². The lowest BCUT2D eigenvalue weighted by molar-refractivity contribution is 1.33. The second-order valence-corrected chi connectivity index (χ2v) is 11.0. The van der Waals surface area contributed by atoms with Crippen LogP contribution in [0.1, 0.15) is 0 Å². The van der Waals surface area contributed by atoms with Crippen molar-refractivity contribution >= 4 is 64.8 Å². The Labute approximate surface area is 242 Å². The molecule has 42 heavy (non-hydrogen) atoms. The van der Waals surface area contributed by atoms with Gasteiger partial charge in [-0.2, -0.15) is 0 Å². The predicted molar refractivity (Wildman–Crippen MR) is 178 cm³/mol. The predicted octanol–water partition coefficient (Wildman–Crippen LogP) is 10.7. The summed E-state index contributed by atoms with van der Waals surface area (Å²) >= 11 is 0. The van der Waals surface area contributed by atoms with E-state index in [4.69, 9.17) is 4.98 Å². The largest absolute Gasteiger partial charge is 0.265 e. The number of hydrogen-bond donors (Lipinski definition) is 0. The summed E-state index contributed by atoms with van der Waals surface area (Å²) in [5, 5.41) is 13.4. The van der Waals surface area contributed by atoms with Crippen LogP contribution in [0, 0.1) is 0 Å². The molecule has 0 spiro atoms. The van der Waals surface area contributed by atoms with Gasteiger partial charge in [0.25, 0.3) is 0 Å². The van der Waals surface area contributed by atoms with Crippen LogP contribution in [-0.2, 0) is 0 Å². The van der Waals surface area contributed by atoms with Gasteiger partial charge in [0, 0.05) is 28.7 Å². The molecule has 0 aliphatic heterocycles. The fourth-order valence-corrected chi connectivity index (χ4v) is 6.86. The SMILES string of the molecule is c1ccc2cc3c(cc2c1)c(-c1c2ccccc2c(-c2ccncc2)c2ccccc12)nc1ccc2ccccc2c13. The van der Waals surface area contributed by atoms with E-state index in [0.29, 0.717) is 0 Å². The lowest BCUT2D eigenvalue weighted by atomic mass is 9.86. The third kappa shape index (κ3) is 3.33. The van der Waals surface area contributed by atoms with Gasteiger partial charge in [-0.3, -0.25) is 4.98 Å². The van der Waals surface area contributed by atoms with Crippen molar-refractivity contribution in [3.8, 4) is 22.4 Å². The summed E-state index contributed by atoms with van der Waals surface area (Å²) in [6.45, 7) is 0. The zero-order valence-corrected chi connectivity index (χ0v) is 22.8. The Morgan fingerprint density at radius 2 is 0.905 bits per heavy atom. The van der Waals surface area contributed by atoms with Crippen molar-refractivity contribution in [3.63, 3.8) is 0 Å². The summed E-state index contributed by atoms with van der Waals surface area (Å²) in [5.74, 6) is 0. The number of hydrogen-bond acceptors (Lipinski definition) is 2. The molecular weight excluding hydrogens is 508 g/mol. The maximum Gasteiger partial charge on any atom is 0.0800 e. The summed E-state index contributed by atoms with van der Waals surface area (Å²) in [7, 11) is 0. The van der Waals surface area contributed by atoms with Crippen molar-refractivity contribution in [1.29, 1.82) is 0 Å². The average Bonchev–Trinajstić information content (AvgIpc) is 3.06. The van der Waals surface area contributed by atoms with Crippen LogP contribution >= 0.6 is 0 Å². The van der Waals surface area contributed by atoms with Crippen molar-refractivity contribution in [3.05, 3.63) is 146 Å². The molecule has 0 aliphatic rings. The third-order valence-electron chi connectivity index (χ3n) is 8.69. The number of fused-ring (bicyclic) bond motifs is 8. The van der Waals surface area contributed by atoms with Gasteiger partial charge in [-0.25, -0.2) is 4.98 Å². The van der Waals surface area contributed by atoms with E-state index in [2.05, 4.69) is 138 Å². The fourth-order valence-electron chi connectivity index (χ4n) is 6.86. The Kier molecular flexibility index (Phi) is 4.93. The minimum absolute atomic E-state index is 1.01. The molecule has 2 aromatic heterocycles. The molecule has 9 aromatic rings. The number of aromatic nitrogens is 2.